The number of rotatable bonds is 7. The highest BCUT2D eigenvalue weighted by atomic mass is 19.3. The Balaban J connectivity index is 2.03. The third-order valence-electron chi connectivity index (χ3n) is 7.01. The molecule has 1 saturated heterocycles. The van der Waals surface area contributed by atoms with Gasteiger partial charge in [0.25, 0.3) is 6.43 Å². The first-order valence-electron chi connectivity index (χ1n) is 13.1. The fraction of sp³-hybridized carbons (Fsp3) is 0.654. The lowest BCUT2D eigenvalue weighted by atomic mass is 9.94. The van der Waals surface area contributed by atoms with Gasteiger partial charge in [-0.3, -0.25) is 5.01 Å². The number of nitrogens with one attached hydrogen (secondary N) is 2. The number of urea groups is 1. The molecule has 206 valence electrons. The van der Waals surface area contributed by atoms with Gasteiger partial charge in [0, 0.05) is 69.9 Å². The fourth-order valence-corrected chi connectivity index (χ4v) is 4.99. The van der Waals surface area contributed by atoms with Crippen LogP contribution < -0.4 is 10.7 Å². The Labute approximate surface area is 217 Å². The first-order valence-corrected chi connectivity index (χ1v) is 13.1. The van der Waals surface area contributed by atoms with Gasteiger partial charge in [-0.15, -0.1) is 0 Å². The lowest BCUT2D eigenvalue weighted by molar-refractivity contribution is 0.141. The van der Waals surface area contributed by atoms with Gasteiger partial charge in [0.2, 0.25) is 0 Å². The summed E-state index contributed by atoms with van der Waals surface area (Å²) in [5.41, 5.74) is 3.23. The predicted molar refractivity (Wildman–Crippen MR) is 141 cm³/mol. The second kappa shape index (κ2) is 13.1. The smallest absolute Gasteiger partial charge is 0.317 e. The molecule has 0 radical (unpaired) electrons. The molecule has 0 spiro atoms. The van der Waals surface area contributed by atoms with E-state index in [0.29, 0.717) is 32.0 Å². The molecule has 1 aromatic carbocycles. The van der Waals surface area contributed by atoms with Gasteiger partial charge in [-0.05, 0) is 37.0 Å². The molecule has 3 unspecified atom stereocenters. The minimum absolute atomic E-state index is 0.147. The molecule has 1 aromatic rings. The van der Waals surface area contributed by atoms with Crippen molar-refractivity contribution in [3.8, 4) is 0 Å². The van der Waals surface area contributed by atoms with Crippen molar-refractivity contribution in [2.75, 3.05) is 40.3 Å². The Kier molecular flexibility index (Phi) is 10.2. The molecule has 2 heterocycles. The predicted octanol–water partition coefficient (Wildman–Crippen LogP) is 4.87. The van der Waals surface area contributed by atoms with Gasteiger partial charge in [0.15, 0.2) is 0 Å². The molecule has 1 fully saturated rings. The number of halogens is 3. The first kappa shape index (κ1) is 28.7. The minimum Gasteiger partial charge on any atom is -0.341 e. The van der Waals surface area contributed by atoms with E-state index in [-0.39, 0.29) is 34.8 Å². The van der Waals surface area contributed by atoms with Crippen molar-refractivity contribution >= 4 is 23.8 Å². The zero-order valence-electron chi connectivity index (χ0n) is 22.5. The van der Waals surface area contributed by atoms with E-state index in [1.807, 2.05) is 6.92 Å². The van der Waals surface area contributed by atoms with E-state index in [1.54, 1.807) is 30.2 Å². The molecular weight excluding hydrogens is 483 g/mol. The number of hydrogen-bond acceptors (Lipinski definition) is 5. The molecule has 2 aliphatic heterocycles. The van der Waals surface area contributed by atoms with Crippen molar-refractivity contribution in [2.24, 2.45) is 16.0 Å². The summed E-state index contributed by atoms with van der Waals surface area (Å²) in [5.74, 6) is -0.928. The summed E-state index contributed by atoms with van der Waals surface area (Å²) in [4.78, 5) is 18.8. The molecule has 2 N–H and O–H groups in total. The molecule has 3 rings (SSSR count). The van der Waals surface area contributed by atoms with E-state index in [4.69, 9.17) is 0 Å². The Hall–Kier alpha value is -2.82. The molecule has 2 aliphatic rings. The maximum Gasteiger partial charge on any atom is 0.317 e. The van der Waals surface area contributed by atoms with Crippen LogP contribution in [0, 0.1) is 11.7 Å². The third-order valence-corrected chi connectivity index (χ3v) is 7.01. The number of hydrazine groups is 1. The van der Waals surface area contributed by atoms with Crippen molar-refractivity contribution in [1.82, 2.24) is 25.7 Å². The van der Waals surface area contributed by atoms with Crippen LogP contribution in [0.1, 0.15) is 69.9 Å². The van der Waals surface area contributed by atoms with Crippen LogP contribution in [0.15, 0.2) is 22.2 Å². The average molecular weight is 524 g/mol. The molecule has 0 saturated carbocycles. The van der Waals surface area contributed by atoms with Crippen LogP contribution in [0.3, 0.4) is 0 Å². The second-order valence-electron chi connectivity index (χ2n) is 9.85. The highest BCUT2D eigenvalue weighted by Crippen LogP contribution is 2.35. The molecule has 2 amide bonds. The van der Waals surface area contributed by atoms with Gasteiger partial charge in [0.05, 0.1) is 0 Å². The molecule has 0 bridgehead atoms. The summed E-state index contributed by atoms with van der Waals surface area (Å²) in [5, 5.41) is 10.5. The van der Waals surface area contributed by atoms with Crippen LogP contribution in [-0.4, -0.2) is 79.3 Å². The van der Waals surface area contributed by atoms with E-state index in [1.165, 1.54) is 0 Å². The van der Waals surface area contributed by atoms with Gasteiger partial charge in [-0.2, -0.15) is 5.10 Å². The lowest BCUT2D eigenvalue weighted by Crippen LogP contribution is -2.50. The van der Waals surface area contributed by atoms with E-state index < -0.39 is 18.2 Å². The molecule has 8 nitrogen and oxygen atoms in total. The van der Waals surface area contributed by atoms with Crippen molar-refractivity contribution in [2.45, 2.75) is 64.8 Å². The summed E-state index contributed by atoms with van der Waals surface area (Å²) in [6.07, 6.45) is 2.39. The van der Waals surface area contributed by atoms with E-state index in [2.05, 4.69) is 39.7 Å². The number of hydrogen-bond donors (Lipinski definition) is 2. The maximum atomic E-state index is 15.4. The largest absolute Gasteiger partial charge is 0.341 e. The van der Waals surface area contributed by atoms with E-state index in [9.17, 15) is 13.6 Å². The Bertz CT molecular complexity index is 987. The first-order chi connectivity index (χ1) is 17.7. The molecule has 37 heavy (non-hydrogen) atoms. The number of likely N-dealkylation sites (N-methyl/N-ethyl adjacent to an activating group) is 1. The molecule has 11 heteroatoms. The molecule has 3 atom stereocenters. The number of alkyl halides is 2. The van der Waals surface area contributed by atoms with Crippen molar-refractivity contribution < 1.29 is 18.0 Å². The summed E-state index contributed by atoms with van der Waals surface area (Å²) >= 11 is 0. The Morgan fingerprint density at radius 1 is 1.27 bits per heavy atom. The van der Waals surface area contributed by atoms with Crippen molar-refractivity contribution in [3.63, 3.8) is 0 Å². The summed E-state index contributed by atoms with van der Waals surface area (Å²) < 4.78 is 43.5. The summed E-state index contributed by atoms with van der Waals surface area (Å²) in [6.45, 7) is 8.13. The fourth-order valence-electron chi connectivity index (χ4n) is 4.99. The monoisotopic (exact) mass is 523 g/mol. The second-order valence-corrected chi connectivity index (χ2v) is 9.85. The number of hydrazone groups is 1. The number of amides is 2. The van der Waals surface area contributed by atoms with Gasteiger partial charge in [-0.25, -0.2) is 28.0 Å². The number of carbonyl (C=O) groups is 1. The normalized spacial score (nSPS) is 23.1. The third kappa shape index (κ3) is 7.15. The van der Waals surface area contributed by atoms with Crippen LogP contribution in [0.2, 0.25) is 0 Å². The molecule has 0 aromatic heterocycles. The number of amidine groups is 1. The Morgan fingerprint density at radius 3 is 2.62 bits per heavy atom. The lowest BCUT2D eigenvalue weighted by Gasteiger charge is -2.33. The van der Waals surface area contributed by atoms with Gasteiger partial charge in [0.1, 0.15) is 17.3 Å². The highest BCUT2D eigenvalue weighted by molar-refractivity contribution is 5.87. The summed E-state index contributed by atoms with van der Waals surface area (Å²) in [6, 6.07) is 2.34. The standard InChI is InChI=1S/C26H40F3N7O/c1-6-9-19(7-2)36-11-8-10-35(26(37)30-4)15-17(3)25(33-36)32-23-13-21(24(28)29)20(12-22(23)27)18-14-31-34(5)16-18/h12-14,17-19,24H,6-11,15-16H2,1-5H3,(H,30,37)(H,32,33). The SMILES string of the molecule is CCCC(CC)N1CCCN(C(=O)NC)CC(C)C(=Nc2cc(C(F)F)c(C3C=NN(C)C3)cc2F)N1. The van der Waals surface area contributed by atoms with Crippen LogP contribution in [-0.2, 0) is 0 Å². The average Bonchev–Trinajstić information content (AvgIpc) is 3.33. The van der Waals surface area contributed by atoms with Crippen LogP contribution in [0.4, 0.5) is 23.7 Å². The highest BCUT2D eigenvalue weighted by Gasteiger charge is 2.28. The van der Waals surface area contributed by atoms with E-state index >= 15 is 4.39 Å². The maximum absolute atomic E-state index is 15.4. The zero-order chi connectivity index (χ0) is 27.1. The Morgan fingerprint density at radius 2 is 2.03 bits per heavy atom. The van der Waals surface area contributed by atoms with Crippen LogP contribution in [0.5, 0.6) is 0 Å². The topological polar surface area (TPSA) is 75.6 Å². The quantitative estimate of drug-likeness (QED) is 0.535. The molecule has 0 aliphatic carbocycles. The van der Waals surface area contributed by atoms with Crippen molar-refractivity contribution in [3.05, 3.63) is 29.1 Å². The number of nitrogens with zero attached hydrogens (tertiary/aromatic N) is 5. The van der Waals surface area contributed by atoms with Crippen molar-refractivity contribution in [1.29, 1.82) is 0 Å². The number of carbonyl (C=O) groups excluding carboxylic acids is 1. The molecular formula is C26H40F3N7O. The van der Waals surface area contributed by atoms with E-state index in [0.717, 1.165) is 37.8 Å². The van der Waals surface area contributed by atoms with Crippen LogP contribution in [0.25, 0.3) is 0 Å². The van der Waals surface area contributed by atoms with Gasteiger partial charge >= 0.3 is 6.03 Å². The minimum atomic E-state index is -2.78. The van der Waals surface area contributed by atoms with Crippen LogP contribution >= 0.6 is 0 Å². The number of benzene rings is 1. The van der Waals surface area contributed by atoms with Gasteiger partial charge < -0.3 is 15.6 Å². The zero-order valence-corrected chi connectivity index (χ0v) is 22.5. The van der Waals surface area contributed by atoms with Gasteiger partial charge in [-0.1, -0.05) is 27.2 Å². The summed E-state index contributed by atoms with van der Waals surface area (Å²) in [7, 11) is 3.33. The number of aliphatic imine (C=N–C) groups is 1.